The molecular formula is C18H17FN4O. The zero-order valence-corrected chi connectivity index (χ0v) is 13.2. The Morgan fingerprint density at radius 1 is 1.21 bits per heavy atom. The molecule has 0 atom stereocenters. The Morgan fingerprint density at radius 2 is 2.00 bits per heavy atom. The minimum Gasteiger partial charge on any atom is -0.305 e. The van der Waals surface area contributed by atoms with Crippen LogP contribution < -0.4 is 5.32 Å². The van der Waals surface area contributed by atoms with E-state index in [1.807, 2.05) is 18.3 Å². The van der Waals surface area contributed by atoms with Gasteiger partial charge in [-0.1, -0.05) is 0 Å². The van der Waals surface area contributed by atoms with E-state index in [4.69, 9.17) is 0 Å². The number of anilines is 1. The zero-order chi connectivity index (χ0) is 16.9. The second kappa shape index (κ2) is 7.04. The van der Waals surface area contributed by atoms with E-state index in [-0.39, 0.29) is 11.7 Å². The maximum absolute atomic E-state index is 13.3. The number of nitrogens with one attached hydrogen (secondary N) is 1. The number of carbonyl (C=O) groups excluding carboxylic acids is 1. The highest BCUT2D eigenvalue weighted by Crippen LogP contribution is 2.12. The van der Waals surface area contributed by atoms with E-state index in [1.54, 1.807) is 30.1 Å². The zero-order valence-electron chi connectivity index (χ0n) is 13.2. The van der Waals surface area contributed by atoms with Crippen LogP contribution in [0.4, 0.5) is 10.2 Å². The summed E-state index contributed by atoms with van der Waals surface area (Å²) in [6.45, 7) is 2.33. The molecule has 6 heteroatoms. The first kappa shape index (κ1) is 15.9. The lowest BCUT2D eigenvalue weighted by atomic mass is 10.1. The van der Waals surface area contributed by atoms with Crippen LogP contribution in [0, 0.1) is 12.7 Å². The van der Waals surface area contributed by atoms with Gasteiger partial charge in [-0.05, 0) is 54.8 Å². The summed E-state index contributed by atoms with van der Waals surface area (Å²) in [5, 5.41) is 7.05. The van der Waals surface area contributed by atoms with Crippen molar-refractivity contribution in [2.45, 2.75) is 19.9 Å². The van der Waals surface area contributed by atoms with Gasteiger partial charge in [0.05, 0.1) is 0 Å². The number of aromatic nitrogens is 3. The van der Waals surface area contributed by atoms with Crippen molar-refractivity contribution >= 4 is 11.7 Å². The van der Waals surface area contributed by atoms with Crippen molar-refractivity contribution in [2.24, 2.45) is 0 Å². The highest BCUT2D eigenvalue weighted by molar-refractivity contribution is 6.03. The van der Waals surface area contributed by atoms with E-state index < -0.39 is 0 Å². The molecular weight excluding hydrogens is 307 g/mol. The Bertz CT molecular complexity index is 845. The first-order chi connectivity index (χ1) is 11.6. The molecule has 0 fully saturated rings. The van der Waals surface area contributed by atoms with Crippen molar-refractivity contribution in [3.63, 3.8) is 0 Å². The number of nitrogens with zero attached hydrogens (tertiary/aromatic N) is 3. The topological polar surface area (TPSA) is 59.8 Å². The number of carbonyl (C=O) groups is 1. The van der Waals surface area contributed by atoms with Crippen molar-refractivity contribution in [2.75, 3.05) is 5.32 Å². The van der Waals surface area contributed by atoms with Crippen LogP contribution in [0.3, 0.4) is 0 Å². The summed E-state index contributed by atoms with van der Waals surface area (Å²) in [6, 6.07) is 9.92. The smallest absolute Gasteiger partial charge is 0.256 e. The molecule has 2 aromatic heterocycles. The summed E-state index contributed by atoms with van der Waals surface area (Å²) in [4.78, 5) is 16.2. The van der Waals surface area contributed by atoms with Gasteiger partial charge in [-0.3, -0.25) is 14.5 Å². The van der Waals surface area contributed by atoms with Crippen LogP contribution in [0.1, 0.15) is 21.5 Å². The fourth-order valence-electron chi connectivity index (χ4n) is 2.32. The first-order valence-electron chi connectivity index (χ1n) is 7.62. The summed E-state index contributed by atoms with van der Waals surface area (Å²) in [7, 11) is 0. The lowest BCUT2D eigenvalue weighted by Gasteiger charge is -2.04. The lowest BCUT2D eigenvalue weighted by molar-refractivity contribution is 0.102. The van der Waals surface area contributed by atoms with Crippen LogP contribution in [0.5, 0.6) is 0 Å². The number of aryl methyl sites for hydroxylation is 3. The average molecular weight is 324 g/mol. The summed E-state index contributed by atoms with van der Waals surface area (Å²) >= 11 is 0. The molecule has 0 unspecified atom stereocenters. The number of hydrogen-bond acceptors (Lipinski definition) is 3. The number of pyridine rings is 1. The minimum atomic E-state index is -0.327. The predicted octanol–water partition coefficient (Wildman–Crippen LogP) is 3.22. The Balaban J connectivity index is 1.61. The predicted molar refractivity (Wildman–Crippen MR) is 89.3 cm³/mol. The van der Waals surface area contributed by atoms with Crippen LogP contribution in [-0.4, -0.2) is 20.7 Å². The Hall–Kier alpha value is -3.02. The highest BCUT2D eigenvalue weighted by atomic mass is 19.1. The van der Waals surface area contributed by atoms with Crippen LogP contribution in [0.25, 0.3) is 0 Å². The van der Waals surface area contributed by atoms with E-state index >= 15 is 0 Å². The number of amides is 1. The number of rotatable bonds is 5. The maximum Gasteiger partial charge on any atom is 0.256 e. The standard InChI is InChI=1S/C18H17FN4O/c1-13-12-15(2-3-16(13)19)18(24)21-17-7-11-23(22-17)10-6-14-4-8-20-9-5-14/h2-5,7-9,11-12H,6,10H2,1H3,(H,21,22,24). The number of benzene rings is 1. The molecule has 0 saturated heterocycles. The molecule has 0 aliphatic rings. The van der Waals surface area contributed by atoms with Crippen LogP contribution >= 0.6 is 0 Å². The monoisotopic (exact) mass is 324 g/mol. The molecule has 3 aromatic rings. The molecule has 24 heavy (non-hydrogen) atoms. The molecule has 0 aliphatic heterocycles. The molecule has 5 nitrogen and oxygen atoms in total. The molecule has 1 aromatic carbocycles. The molecule has 1 amide bonds. The molecule has 2 heterocycles. The van der Waals surface area contributed by atoms with E-state index in [1.165, 1.54) is 23.8 Å². The first-order valence-corrected chi connectivity index (χ1v) is 7.62. The van der Waals surface area contributed by atoms with Gasteiger partial charge in [0.1, 0.15) is 5.82 Å². The molecule has 0 bridgehead atoms. The lowest BCUT2D eigenvalue weighted by Crippen LogP contribution is -2.13. The van der Waals surface area contributed by atoms with Gasteiger partial charge in [0.15, 0.2) is 5.82 Å². The van der Waals surface area contributed by atoms with E-state index in [0.29, 0.717) is 23.5 Å². The van der Waals surface area contributed by atoms with Gasteiger partial charge >= 0.3 is 0 Å². The van der Waals surface area contributed by atoms with E-state index in [9.17, 15) is 9.18 Å². The van der Waals surface area contributed by atoms with Gasteiger partial charge in [0.2, 0.25) is 0 Å². The summed E-state index contributed by atoms with van der Waals surface area (Å²) in [5.74, 6) is -0.166. The molecule has 0 spiro atoms. The number of hydrogen-bond donors (Lipinski definition) is 1. The van der Waals surface area contributed by atoms with Crippen molar-refractivity contribution in [3.05, 3.63) is 77.5 Å². The summed E-state index contributed by atoms with van der Waals surface area (Å²) in [6.07, 6.45) is 6.16. The normalized spacial score (nSPS) is 10.6. The number of halogens is 1. The van der Waals surface area contributed by atoms with Gasteiger partial charge < -0.3 is 5.32 Å². The quantitative estimate of drug-likeness (QED) is 0.784. The van der Waals surface area contributed by atoms with Crippen molar-refractivity contribution in [3.8, 4) is 0 Å². The van der Waals surface area contributed by atoms with Crippen LogP contribution in [-0.2, 0) is 13.0 Å². The summed E-state index contributed by atoms with van der Waals surface area (Å²) < 4.78 is 15.0. The molecule has 0 aliphatic carbocycles. The fourth-order valence-corrected chi connectivity index (χ4v) is 2.32. The Labute approximate surface area is 139 Å². The van der Waals surface area contributed by atoms with Crippen molar-refractivity contribution < 1.29 is 9.18 Å². The molecule has 0 radical (unpaired) electrons. The Kier molecular flexibility index (Phi) is 4.65. The SMILES string of the molecule is Cc1cc(C(=O)Nc2ccn(CCc3ccncc3)n2)ccc1F. The minimum absolute atomic E-state index is 0.308. The molecule has 0 saturated carbocycles. The molecule has 3 rings (SSSR count). The average Bonchev–Trinajstić information content (AvgIpc) is 3.04. The summed E-state index contributed by atoms with van der Waals surface area (Å²) in [5.41, 5.74) is 2.01. The molecule has 122 valence electrons. The van der Waals surface area contributed by atoms with Gasteiger partial charge in [-0.15, -0.1) is 0 Å². The largest absolute Gasteiger partial charge is 0.305 e. The van der Waals surface area contributed by atoms with Gasteiger partial charge in [-0.2, -0.15) is 5.10 Å². The highest BCUT2D eigenvalue weighted by Gasteiger charge is 2.09. The van der Waals surface area contributed by atoms with Crippen LogP contribution in [0.15, 0.2) is 55.0 Å². The maximum atomic E-state index is 13.3. The third-order valence-corrected chi connectivity index (χ3v) is 3.68. The third-order valence-electron chi connectivity index (χ3n) is 3.68. The van der Waals surface area contributed by atoms with Gasteiger partial charge in [-0.25, -0.2) is 4.39 Å². The van der Waals surface area contributed by atoms with Crippen molar-refractivity contribution in [1.82, 2.24) is 14.8 Å². The third kappa shape index (κ3) is 3.84. The fraction of sp³-hybridized carbons (Fsp3) is 0.167. The second-order valence-electron chi connectivity index (χ2n) is 5.49. The van der Waals surface area contributed by atoms with Gasteiger partial charge in [0, 0.05) is 36.8 Å². The Morgan fingerprint density at radius 3 is 2.75 bits per heavy atom. The van der Waals surface area contributed by atoms with Gasteiger partial charge in [0.25, 0.3) is 5.91 Å². The van der Waals surface area contributed by atoms with Crippen LogP contribution in [0.2, 0.25) is 0 Å². The van der Waals surface area contributed by atoms with E-state index in [2.05, 4.69) is 15.4 Å². The van der Waals surface area contributed by atoms with Crippen molar-refractivity contribution in [1.29, 1.82) is 0 Å². The van der Waals surface area contributed by atoms with E-state index in [0.717, 1.165) is 6.42 Å². The molecule has 1 N–H and O–H groups in total. The second-order valence-corrected chi connectivity index (χ2v) is 5.49.